The predicted molar refractivity (Wildman–Crippen MR) is 65.5 cm³/mol. The van der Waals surface area contributed by atoms with Gasteiger partial charge in [0.15, 0.2) is 0 Å². The van der Waals surface area contributed by atoms with Crippen LogP contribution in [-0.2, 0) is 4.79 Å². The maximum absolute atomic E-state index is 11.8. The maximum atomic E-state index is 11.8. The third kappa shape index (κ3) is 4.32. The highest BCUT2D eigenvalue weighted by atomic mass is 16.2. The minimum absolute atomic E-state index is 0.128. The van der Waals surface area contributed by atoms with Gasteiger partial charge in [-0.25, -0.2) is 4.79 Å². The number of imide groups is 1. The van der Waals surface area contributed by atoms with Gasteiger partial charge in [0, 0.05) is 19.1 Å². The smallest absolute Gasteiger partial charge is 0.321 e. The van der Waals surface area contributed by atoms with Gasteiger partial charge in [0.05, 0.1) is 6.04 Å². The zero-order valence-electron chi connectivity index (χ0n) is 10.5. The lowest BCUT2D eigenvalue weighted by atomic mass is 10.0. The molecule has 0 bridgehead atoms. The van der Waals surface area contributed by atoms with E-state index in [2.05, 4.69) is 10.6 Å². The summed E-state index contributed by atoms with van der Waals surface area (Å²) in [5.41, 5.74) is 5.86. The van der Waals surface area contributed by atoms with E-state index in [4.69, 9.17) is 5.73 Å². The van der Waals surface area contributed by atoms with Crippen molar-refractivity contribution in [2.75, 3.05) is 19.6 Å². The van der Waals surface area contributed by atoms with Crippen molar-refractivity contribution in [1.82, 2.24) is 15.5 Å². The highest BCUT2D eigenvalue weighted by Crippen LogP contribution is 2.11. The number of piperidine rings is 1. The van der Waals surface area contributed by atoms with Crippen LogP contribution >= 0.6 is 0 Å². The fourth-order valence-electron chi connectivity index (χ4n) is 1.98. The van der Waals surface area contributed by atoms with Crippen LogP contribution in [0.5, 0.6) is 0 Å². The van der Waals surface area contributed by atoms with Gasteiger partial charge in [-0.2, -0.15) is 0 Å². The quantitative estimate of drug-likeness (QED) is 0.631. The molecule has 0 saturated carbocycles. The normalized spacial score (nSPS) is 22.9. The lowest BCUT2D eigenvalue weighted by Crippen LogP contribution is -2.54. The van der Waals surface area contributed by atoms with Gasteiger partial charge in [-0.1, -0.05) is 0 Å². The molecule has 0 aromatic heterocycles. The molecule has 1 rings (SSSR count). The third-order valence-corrected chi connectivity index (χ3v) is 2.99. The maximum Gasteiger partial charge on any atom is 0.321 e. The monoisotopic (exact) mass is 242 g/mol. The number of carbonyl (C=O) groups excluding carboxylic acids is 2. The van der Waals surface area contributed by atoms with E-state index in [1.807, 2.05) is 4.90 Å². The van der Waals surface area contributed by atoms with Gasteiger partial charge in [0.1, 0.15) is 0 Å². The van der Waals surface area contributed by atoms with Gasteiger partial charge in [-0.3, -0.25) is 15.0 Å². The Bertz CT molecular complexity index is 283. The van der Waals surface area contributed by atoms with Crippen LogP contribution in [0.25, 0.3) is 0 Å². The summed E-state index contributed by atoms with van der Waals surface area (Å²) in [6.07, 6.45) is 2.00. The molecule has 0 spiro atoms. The van der Waals surface area contributed by atoms with E-state index in [1.54, 1.807) is 13.8 Å². The fourth-order valence-corrected chi connectivity index (χ4v) is 1.98. The second-order valence-corrected chi connectivity index (χ2v) is 4.42. The number of urea groups is 1. The number of amides is 3. The average Bonchev–Trinajstić information content (AvgIpc) is 2.28. The molecule has 6 nitrogen and oxygen atoms in total. The van der Waals surface area contributed by atoms with Gasteiger partial charge in [-0.15, -0.1) is 0 Å². The Kier molecular flexibility index (Phi) is 5.37. The second-order valence-electron chi connectivity index (χ2n) is 4.42. The molecule has 1 heterocycles. The average molecular weight is 242 g/mol. The molecular weight excluding hydrogens is 220 g/mol. The highest BCUT2D eigenvalue weighted by molar-refractivity contribution is 5.96. The van der Waals surface area contributed by atoms with Crippen molar-refractivity contribution in [3.8, 4) is 0 Å². The molecule has 1 saturated heterocycles. The Hall–Kier alpha value is -1.14. The molecule has 2 unspecified atom stereocenters. The molecule has 0 radical (unpaired) electrons. The topological polar surface area (TPSA) is 87.5 Å². The van der Waals surface area contributed by atoms with Crippen molar-refractivity contribution in [2.45, 2.75) is 38.8 Å². The summed E-state index contributed by atoms with van der Waals surface area (Å²) >= 11 is 0. The van der Waals surface area contributed by atoms with E-state index in [0.29, 0.717) is 13.1 Å². The van der Waals surface area contributed by atoms with Crippen LogP contribution in [0.15, 0.2) is 0 Å². The van der Waals surface area contributed by atoms with Crippen LogP contribution in [0.4, 0.5) is 4.79 Å². The second kappa shape index (κ2) is 6.56. The number of rotatable bonds is 3. The largest absolute Gasteiger partial charge is 0.338 e. The van der Waals surface area contributed by atoms with Crippen molar-refractivity contribution in [1.29, 1.82) is 0 Å². The Labute approximate surface area is 102 Å². The number of hydrogen-bond acceptors (Lipinski definition) is 4. The van der Waals surface area contributed by atoms with Crippen LogP contribution in [0.3, 0.4) is 0 Å². The number of likely N-dealkylation sites (tertiary alicyclic amines) is 1. The summed E-state index contributed by atoms with van der Waals surface area (Å²) in [7, 11) is 0. The minimum Gasteiger partial charge on any atom is -0.338 e. The number of carbonyl (C=O) groups is 2. The van der Waals surface area contributed by atoms with Crippen LogP contribution in [0, 0.1) is 0 Å². The molecule has 17 heavy (non-hydrogen) atoms. The molecule has 0 aromatic carbocycles. The van der Waals surface area contributed by atoms with Crippen molar-refractivity contribution in [2.24, 2.45) is 5.73 Å². The molecule has 1 fully saturated rings. The van der Waals surface area contributed by atoms with Gasteiger partial charge in [-0.05, 0) is 33.2 Å². The van der Waals surface area contributed by atoms with E-state index in [9.17, 15) is 9.59 Å². The number of nitrogens with two attached hydrogens (primary N) is 1. The van der Waals surface area contributed by atoms with E-state index in [0.717, 1.165) is 19.4 Å². The standard InChI is InChI=1S/C11H22N4O2/c1-3-13-11(17)14-10(16)8(2)15-6-4-5-9(12)7-15/h8-9H,3-7,12H2,1-2H3,(H2,13,14,16,17). The van der Waals surface area contributed by atoms with Crippen molar-refractivity contribution in [3.05, 3.63) is 0 Å². The lowest BCUT2D eigenvalue weighted by molar-refractivity contribution is -0.125. The first-order valence-corrected chi connectivity index (χ1v) is 6.13. The van der Waals surface area contributed by atoms with E-state index in [-0.39, 0.29) is 18.0 Å². The lowest BCUT2D eigenvalue weighted by Gasteiger charge is -2.34. The minimum atomic E-state index is -0.439. The zero-order valence-corrected chi connectivity index (χ0v) is 10.5. The molecule has 0 aliphatic carbocycles. The summed E-state index contributed by atoms with van der Waals surface area (Å²) < 4.78 is 0. The molecule has 2 atom stereocenters. The van der Waals surface area contributed by atoms with E-state index in [1.165, 1.54) is 0 Å². The van der Waals surface area contributed by atoms with Crippen molar-refractivity contribution < 1.29 is 9.59 Å². The fraction of sp³-hybridized carbons (Fsp3) is 0.818. The predicted octanol–water partition coefficient (Wildman–Crippen LogP) is -0.356. The number of hydrogen-bond donors (Lipinski definition) is 3. The van der Waals surface area contributed by atoms with Crippen LogP contribution in [0.2, 0.25) is 0 Å². The summed E-state index contributed by atoms with van der Waals surface area (Å²) in [6, 6.07) is -0.627. The zero-order chi connectivity index (χ0) is 12.8. The molecule has 4 N–H and O–H groups in total. The van der Waals surface area contributed by atoms with Gasteiger partial charge < -0.3 is 11.1 Å². The Morgan fingerprint density at radius 1 is 1.53 bits per heavy atom. The van der Waals surface area contributed by atoms with Gasteiger partial charge in [0.2, 0.25) is 5.91 Å². The number of nitrogens with zero attached hydrogens (tertiary/aromatic N) is 1. The molecule has 6 heteroatoms. The Morgan fingerprint density at radius 2 is 2.24 bits per heavy atom. The summed E-state index contributed by atoms with van der Waals surface area (Å²) in [5, 5.41) is 4.85. The Balaban J connectivity index is 2.42. The summed E-state index contributed by atoms with van der Waals surface area (Å²) in [6.45, 7) is 5.67. The highest BCUT2D eigenvalue weighted by Gasteiger charge is 2.26. The third-order valence-electron chi connectivity index (χ3n) is 2.99. The van der Waals surface area contributed by atoms with Crippen molar-refractivity contribution in [3.63, 3.8) is 0 Å². The van der Waals surface area contributed by atoms with Crippen LogP contribution in [-0.4, -0.2) is 48.6 Å². The molecular formula is C11H22N4O2. The molecule has 3 amide bonds. The summed E-state index contributed by atoms with van der Waals surface area (Å²) in [4.78, 5) is 25.0. The molecule has 1 aliphatic heterocycles. The number of nitrogens with one attached hydrogen (secondary N) is 2. The first kappa shape index (κ1) is 13.9. The SMILES string of the molecule is CCNC(=O)NC(=O)C(C)N1CCCC(N)C1. The van der Waals surface area contributed by atoms with Crippen molar-refractivity contribution >= 4 is 11.9 Å². The molecule has 0 aromatic rings. The Morgan fingerprint density at radius 3 is 2.82 bits per heavy atom. The van der Waals surface area contributed by atoms with Gasteiger partial charge in [0.25, 0.3) is 0 Å². The first-order chi connectivity index (χ1) is 8.04. The van der Waals surface area contributed by atoms with Gasteiger partial charge >= 0.3 is 6.03 Å². The van der Waals surface area contributed by atoms with Crippen LogP contribution < -0.4 is 16.4 Å². The first-order valence-electron chi connectivity index (χ1n) is 6.13. The van der Waals surface area contributed by atoms with E-state index < -0.39 is 6.03 Å². The van der Waals surface area contributed by atoms with Crippen LogP contribution in [0.1, 0.15) is 26.7 Å². The van der Waals surface area contributed by atoms with E-state index >= 15 is 0 Å². The molecule has 1 aliphatic rings. The summed E-state index contributed by atoms with van der Waals surface area (Å²) in [5.74, 6) is -0.273. The molecule has 98 valence electrons.